The highest BCUT2D eigenvalue weighted by Crippen LogP contribution is 2.23. The molecule has 0 bridgehead atoms. The first kappa shape index (κ1) is 12.4. The molecule has 2 nitrogen and oxygen atoms in total. The summed E-state index contributed by atoms with van der Waals surface area (Å²) in [6.45, 7) is 2.29. The normalized spacial score (nSPS) is 25.0. The summed E-state index contributed by atoms with van der Waals surface area (Å²) in [5, 5.41) is 5.09. The summed E-state index contributed by atoms with van der Waals surface area (Å²) < 4.78 is 0. The van der Waals surface area contributed by atoms with Crippen molar-refractivity contribution in [3.63, 3.8) is 0 Å². The zero-order chi connectivity index (χ0) is 12.1. The number of rotatable bonds is 3. The highest BCUT2D eigenvalue weighted by molar-refractivity contribution is 7.10. The van der Waals surface area contributed by atoms with Gasteiger partial charge < -0.3 is 5.32 Å². The van der Waals surface area contributed by atoms with Crippen molar-refractivity contribution in [1.29, 1.82) is 0 Å². The van der Waals surface area contributed by atoms with Crippen LogP contribution in [0.2, 0.25) is 0 Å². The van der Waals surface area contributed by atoms with Gasteiger partial charge in [0.05, 0.1) is 0 Å². The van der Waals surface area contributed by atoms with Crippen LogP contribution >= 0.6 is 11.3 Å². The average Bonchev–Trinajstić information content (AvgIpc) is 2.83. The zero-order valence-electron chi connectivity index (χ0n) is 10.2. The summed E-state index contributed by atoms with van der Waals surface area (Å²) in [7, 11) is 0. The van der Waals surface area contributed by atoms with Crippen LogP contribution in [-0.2, 0) is 4.79 Å². The molecule has 1 aromatic heterocycles. The van der Waals surface area contributed by atoms with E-state index in [1.807, 2.05) is 23.6 Å². The van der Waals surface area contributed by atoms with Gasteiger partial charge in [-0.2, -0.15) is 0 Å². The van der Waals surface area contributed by atoms with Crippen molar-refractivity contribution in [3.05, 3.63) is 28.5 Å². The first-order chi connectivity index (χ1) is 8.24. The molecule has 1 N–H and O–H groups in total. The Balaban J connectivity index is 1.77. The van der Waals surface area contributed by atoms with Gasteiger partial charge in [0.15, 0.2) is 0 Å². The average molecular weight is 249 g/mol. The lowest BCUT2D eigenvalue weighted by molar-refractivity contribution is -0.117. The maximum absolute atomic E-state index is 11.7. The lowest BCUT2D eigenvalue weighted by Crippen LogP contribution is -2.36. The quantitative estimate of drug-likeness (QED) is 0.817. The molecule has 0 unspecified atom stereocenters. The molecule has 0 radical (unpaired) electrons. The molecule has 1 saturated carbocycles. The monoisotopic (exact) mass is 249 g/mol. The molecule has 0 spiro atoms. The van der Waals surface area contributed by atoms with E-state index in [9.17, 15) is 4.79 Å². The molecular weight excluding hydrogens is 230 g/mol. The van der Waals surface area contributed by atoms with Crippen LogP contribution in [-0.4, -0.2) is 11.9 Å². The Morgan fingerprint density at radius 3 is 2.82 bits per heavy atom. The van der Waals surface area contributed by atoms with E-state index in [2.05, 4.69) is 12.2 Å². The number of hydrogen-bond donors (Lipinski definition) is 1. The number of amides is 1. The van der Waals surface area contributed by atoms with E-state index < -0.39 is 0 Å². The molecule has 0 aromatic carbocycles. The number of hydrogen-bond acceptors (Lipinski definition) is 2. The van der Waals surface area contributed by atoms with Gasteiger partial charge in [0.2, 0.25) is 5.91 Å². The summed E-state index contributed by atoms with van der Waals surface area (Å²) in [4.78, 5) is 12.8. The Morgan fingerprint density at radius 2 is 2.18 bits per heavy atom. The predicted octanol–water partition coefficient (Wildman–Crippen LogP) is 3.46. The molecule has 1 aliphatic rings. The van der Waals surface area contributed by atoms with Crippen molar-refractivity contribution in [2.45, 2.75) is 38.6 Å². The van der Waals surface area contributed by atoms with Crippen LogP contribution in [0, 0.1) is 5.92 Å². The summed E-state index contributed by atoms with van der Waals surface area (Å²) in [5.41, 5.74) is 0. The van der Waals surface area contributed by atoms with Crippen molar-refractivity contribution in [2.24, 2.45) is 5.92 Å². The molecule has 1 aromatic rings. The van der Waals surface area contributed by atoms with Crippen LogP contribution in [0.25, 0.3) is 6.08 Å². The Morgan fingerprint density at radius 1 is 1.41 bits per heavy atom. The number of carbonyl (C=O) groups excluding carboxylic acids is 1. The Hall–Kier alpha value is -1.09. The minimum Gasteiger partial charge on any atom is -0.350 e. The lowest BCUT2D eigenvalue weighted by Gasteiger charge is -2.26. The van der Waals surface area contributed by atoms with Gasteiger partial charge in [0.1, 0.15) is 0 Å². The third kappa shape index (κ3) is 4.00. The summed E-state index contributed by atoms with van der Waals surface area (Å²) >= 11 is 1.64. The van der Waals surface area contributed by atoms with Gasteiger partial charge in [0.25, 0.3) is 0 Å². The Bertz CT molecular complexity index is 375. The first-order valence-electron chi connectivity index (χ1n) is 6.26. The number of carbonyl (C=O) groups is 1. The molecule has 0 atom stereocenters. The largest absolute Gasteiger partial charge is 0.350 e. The maximum atomic E-state index is 11.7. The Kier molecular flexibility index (Phi) is 4.37. The van der Waals surface area contributed by atoms with E-state index in [1.165, 1.54) is 12.8 Å². The predicted molar refractivity (Wildman–Crippen MR) is 72.9 cm³/mol. The molecule has 1 heterocycles. The van der Waals surface area contributed by atoms with Crippen molar-refractivity contribution >= 4 is 23.3 Å². The van der Waals surface area contributed by atoms with Crippen molar-refractivity contribution in [1.82, 2.24) is 5.32 Å². The van der Waals surface area contributed by atoms with Gasteiger partial charge in [-0.3, -0.25) is 4.79 Å². The van der Waals surface area contributed by atoms with Gasteiger partial charge >= 0.3 is 0 Å². The van der Waals surface area contributed by atoms with Crippen LogP contribution in [0.1, 0.15) is 37.5 Å². The Labute approximate surface area is 107 Å². The van der Waals surface area contributed by atoms with Gasteiger partial charge in [-0.05, 0) is 49.1 Å². The van der Waals surface area contributed by atoms with E-state index in [0.29, 0.717) is 6.04 Å². The van der Waals surface area contributed by atoms with E-state index in [4.69, 9.17) is 0 Å². The minimum atomic E-state index is 0.0398. The first-order valence-corrected chi connectivity index (χ1v) is 7.14. The third-order valence-electron chi connectivity index (χ3n) is 3.30. The van der Waals surface area contributed by atoms with Crippen LogP contribution < -0.4 is 5.32 Å². The molecule has 3 heteroatoms. The second-order valence-corrected chi connectivity index (χ2v) is 5.79. The van der Waals surface area contributed by atoms with E-state index in [-0.39, 0.29) is 5.91 Å². The molecule has 0 aliphatic heterocycles. The molecule has 0 saturated heterocycles. The SMILES string of the molecule is CC1CCC(NC(=O)/C=C/c2cccs2)CC1. The third-order valence-corrected chi connectivity index (χ3v) is 4.14. The molecule has 2 rings (SSSR count). The van der Waals surface area contributed by atoms with Gasteiger partial charge in [-0.1, -0.05) is 13.0 Å². The fourth-order valence-corrected chi connectivity index (χ4v) is 2.82. The minimum absolute atomic E-state index is 0.0398. The fraction of sp³-hybridized carbons (Fsp3) is 0.500. The van der Waals surface area contributed by atoms with Gasteiger partial charge in [0, 0.05) is 17.0 Å². The van der Waals surface area contributed by atoms with Crippen LogP contribution in [0.5, 0.6) is 0 Å². The van der Waals surface area contributed by atoms with Crippen LogP contribution in [0.4, 0.5) is 0 Å². The molecular formula is C14H19NOS. The van der Waals surface area contributed by atoms with Crippen LogP contribution in [0.3, 0.4) is 0 Å². The lowest BCUT2D eigenvalue weighted by atomic mass is 9.87. The van der Waals surface area contributed by atoms with E-state index in [1.54, 1.807) is 17.4 Å². The highest BCUT2D eigenvalue weighted by Gasteiger charge is 2.18. The number of nitrogens with one attached hydrogen (secondary N) is 1. The van der Waals surface area contributed by atoms with Crippen molar-refractivity contribution in [2.75, 3.05) is 0 Å². The fourth-order valence-electron chi connectivity index (χ4n) is 2.20. The summed E-state index contributed by atoms with van der Waals surface area (Å²) in [5.74, 6) is 0.864. The summed E-state index contributed by atoms with van der Waals surface area (Å²) in [6, 6.07) is 4.38. The van der Waals surface area contributed by atoms with Crippen molar-refractivity contribution < 1.29 is 4.79 Å². The van der Waals surface area contributed by atoms with Gasteiger partial charge in [-0.25, -0.2) is 0 Å². The van der Waals surface area contributed by atoms with Gasteiger partial charge in [-0.15, -0.1) is 11.3 Å². The van der Waals surface area contributed by atoms with E-state index in [0.717, 1.165) is 23.6 Å². The molecule has 17 heavy (non-hydrogen) atoms. The highest BCUT2D eigenvalue weighted by atomic mass is 32.1. The van der Waals surface area contributed by atoms with Crippen LogP contribution in [0.15, 0.2) is 23.6 Å². The topological polar surface area (TPSA) is 29.1 Å². The maximum Gasteiger partial charge on any atom is 0.244 e. The second-order valence-electron chi connectivity index (χ2n) is 4.81. The zero-order valence-corrected chi connectivity index (χ0v) is 11.0. The molecule has 1 fully saturated rings. The number of thiophene rings is 1. The molecule has 92 valence electrons. The molecule has 1 aliphatic carbocycles. The smallest absolute Gasteiger partial charge is 0.244 e. The van der Waals surface area contributed by atoms with Crippen molar-refractivity contribution in [3.8, 4) is 0 Å². The molecule has 1 amide bonds. The van der Waals surface area contributed by atoms with E-state index >= 15 is 0 Å². The standard InChI is InChI=1S/C14H19NOS/c1-11-4-6-12(7-5-11)15-14(16)9-8-13-3-2-10-17-13/h2-3,8-12H,4-7H2,1H3,(H,15,16)/b9-8+. The summed E-state index contributed by atoms with van der Waals surface area (Å²) in [6.07, 6.45) is 8.24. The second kappa shape index (κ2) is 6.01.